The van der Waals surface area contributed by atoms with E-state index in [-0.39, 0.29) is 25.2 Å². The molecule has 0 saturated carbocycles. The number of esters is 1. The Labute approximate surface area is 136 Å². The Morgan fingerprint density at radius 3 is 2.52 bits per heavy atom. The number of benzene rings is 1. The highest BCUT2D eigenvalue weighted by Crippen LogP contribution is 2.23. The number of nitrogens with one attached hydrogen (secondary N) is 1. The summed E-state index contributed by atoms with van der Waals surface area (Å²) in [6.45, 7) is 6.23. The van der Waals surface area contributed by atoms with E-state index in [1.807, 2.05) is 30.3 Å². The normalized spacial score (nSPS) is 18.0. The SMILES string of the molecule is CC(C)(C)OC(=O)C(CNC(=O)OCc1ccccc1)C1CO1. The molecular weight excluding hydrogens is 298 g/mol. The van der Waals surface area contributed by atoms with E-state index >= 15 is 0 Å². The van der Waals surface area contributed by atoms with Crippen molar-refractivity contribution in [2.24, 2.45) is 5.92 Å². The molecule has 2 atom stereocenters. The maximum absolute atomic E-state index is 12.1. The van der Waals surface area contributed by atoms with Gasteiger partial charge >= 0.3 is 12.1 Å². The average molecular weight is 321 g/mol. The van der Waals surface area contributed by atoms with E-state index in [1.54, 1.807) is 20.8 Å². The smallest absolute Gasteiger partial charge is 0.407 e. The van der Waals surface area contributed by atoms with Crippen LogP contribution in [0.15, 0.2) is 30.3 Å². The van der Waals surface area contributed by atoms with Crippen LogP contribution in [-0.4, -0.2) is 36.9 Å². The second-order valence-electron chi connectivity index (χ2n) is 6.45. The van der Waals surface area contributed by atoms with Gasteiger partial charge in [-0.1, -0.05) is 30.3 Å². The van der Waals surface area contributed by atoms with Crippen LogP contribution in [0.25, 0.3) is 0 Å². The lowest BCUT2D eigenvalue weighted by molar-refractivity contribution is -0.160. The number of hydrogen-bond acceptors (Lipinski definition) is 5. The highest BCUT2D eigenvalue weighted by atomic mass is 16.6. The Kier molecular flexibility index (Phi) is 5.60. The molecule has 2 unspecified atom stereocenters. The monoisotopic (exact) mass is 321 g/mol. The lowest BCUT2D eigenvalue weighted by Crippen LogP contribution is -2.39. The first-order valence-corrected chi connectivity index (χ1v) is 7.64. The van der Waals surface area contributed by atoms with Crippen LogP contribution in [0.5, 0.6) is 0 Å². The molecule has 0 bridgehead atoms. The molecule has 2 rings (SSSR count). The number of ether oxygens (including phenoxy) is 3. The van der Waals surface area contributed by atoms with Gasteiger partial charge in [-0.15, -0.1) is 0 Å². The molecule has 1 amide bonds. The number of epoxide rings is 1. The Morgan fingerprint density at radius 1 is 1.30 bits per heavy atom. The van der Waals surface area contributed by atoms with Crippen molar-refractivity contribution in [3.63, 3.8) is 0 Å². The third kappa shape index (κ3) is 6.28. The average Bonchev–Trinajstić information content (AvgIpc) is 3.29. The van der Waals surface area contributed by atoms with Gasteiger partial charge in [-0.25, -0.2) is 4.79 Å². The molecule has 1 N–H and O–H groups in total. The summed E-state index contributed by atoms with van der Waals surface area (Å²) in [5.74, 6) is -0.887. The summed E-state index contributed by atoms with van der Waals surface area (Å²) in [5, 5.41) is 2.60. The van der Waals surface area contributed by atoms with Gasteiger partial charge in [0.15, 0.2) is 0 Å². The standard InChI is InChI=1S/C17H23NO5/c1-17(2,3)23-15(19)13(14-11-21-14)9-18-16(20)22-10-12-7-5-4-6-8-12/h4-8,13-14H,9-11H2,1-3H3,(H,18,20). The molecule has 6 heteroatoms. The minimum absolute atomic E-state index is 0.132. The van der Waals surface area contributed by atoms with Crippen molar-refractivity contribution >= 4 is 12.1 Å². The molecule has 0 spiro atoms. The van der Waals surface area contributed by atoms with E-state index in [1.165, 1.54) is 0 Å². The zero-order chi connectivity index (χ0) is 16.9. The van der Waals surface area contributed by atoms with Crippen molar-refractivity contribution in [3.05, 3.63) is 35.9 Å². The molecule has 1 aromatic carbocycles. The molecule has 1 aliphatic heterocycles. The quantitative estimate of drug-likeness (QED) is 0.642. The third-order valence-corrected chi connectivity index (χ3v) is 3.20. The minimum atomic E-state index is -0.571. The van der Waals surface area contributed by atoms with Gasteiger partial charge in [0.1, 0.15) is 18.1 Å². The predicted molar refractivity (Wildman–Crippen MR) is 83.7 cm³/mol. The van der Waals surface area contributed by atoms with Crippen molar-refractivity contribution in [2.75, 3.05) is 13.2 Å². The van der Waals surface area contributed by atoms with Crippen LogP contribution < -0.4 is 5.32 Å². The molecular formula is C17H23NO5. The van der Waals surface area contributed by atoms with Crippen molar-refractivity contribution in [2.45, 2.75) is 39.1 Å². The van der Waals surface area contributed by atoms with Gasteiger partial charge in [0.05, 0.1) is 12.7 Å². The van der Waals surface area contributed by atoms with Gasteiger partial charge in [0, 0.05) is 6.54 Å². The first-order chi connectivity index (χ1) is 10.8. The van der Waals surface area contributed by atoms with Crippen molar-refractivity contribution in [3.8, 4) is 0 Å². The molecule has 126 valence electrons. The summed E-state index contributed by atoms with van der Waals surface area (Å²) in [6.07, 6.45) is -0.762. The summed E-state index contributed by atoms with van der Waals surface area (Å²) >= 11 is 0. The fraction of sp³-hybridized carbons (Fsp3) is 0.529. The summed E-state index contributed by atoms with van der Waals surface area (Å²) < 4.78 is 15.6. The number of alkyl carbamates (subject to hydrolysis) is 1. The van der Waals surface area contributed by atoms with Gasteiger partial charge < -0.3 is 19.5 Å². The van der Waals surface area contributed by atoms with Crippen LogP contribution in [0.2, 0.25) is 0 Å². The fourth-order valence-electron chi connectivity index (χ4n) is 2.00. The molecule has 1 saturated heterocycles. The summed E-state index contributed by atoms with van der Waals surface area (Å²) in [5.41, 5.74) is 0.328. The highest BCUT2D eigenvalue weighted by Gasteiger charge is 2.40. The Morgan fingerprint density at radius 2 is 1.96 bits per heavy atom. The van der Waals surface area contributed by atoms with E-state index in [9.17, 15) is 9.59 Å². The van der Waals surface area contributed by atoms with Crippen LogP contribution in [-0.2, 0) is 25.6 Å². The number of carbonyl (C=O) groups excluding carboxylic acids is 2. The van der Waals surface area contributed by atoms with Gasteiger partial charge in [-0.3, -0.25) is 4.79 Å². The number of hydrogen-bond donors (Lipinski definition) is 1. The maximum Gasteiger partial charge on any atom is 0.407 e. The number of amides is 1. The van der Waals surface area contributed by atoms with E-state index in [4.69, 9.17) is 14.2 Å². The molecule has 0 aliphatic carbocycles. The van der Waals surface area contributed by atoms with Gasteiger partial charge in [0.25, 0.3) is 0 Å². The minimum Gasteiger partial charge on any atom is -0.460 e. The van der Waals surface area contributed by atoms with Gasteiger partial charge in [-0.2, -0.15) is 0 Å². The molecule has 1 aliphatic rings. The topological polar surface area (TPSA) is 77.2 Å². The summed E-state index contributed by atoms with van der Waals surface area (Å²) in [7, 11) is 0. The van der Waals surface area contributed by atoms with Crippen LogP contribution in [0.3, 0.4) is 0 Å². The van der Waals surface area contributed by atoms with Gasteiger partial charge in [-0.05, 0) is 26.3 Å². The Hall–Kier alpha value is -2.08. The van der Waals surface area contributed by atoms with Crippen molar-refractivity contribution in [1.29, 1.82) is 0 Å². The summed E-state index contributed by atoms with van der Waals surface area (Å²) in [6, 6.07) is 9.38. The predicted octanol–water partition coefficient (Wildman–Crippen LogP) is 2.27. The van der Waals surface area contributed by atoms with E-state index in [0.29, 0.717) is 6.61 Å². The molecule has 1 heterocycles. The van der Waals surface area contributed by atoms with Crippen molar-refractivity contribution in [1.82, 2.24) is 5.32 Å². The maximum atomic E-state index is 12.1. The lowest BCUT2D eigenvalue weighted by atomic mass is 10.1. The van der Waals surface area contributed by atoms with Crippen molar-refractivity contribution < 1.29 is 23.8 Å². The van der Waals surface area contributed by atoms with Gasteiger partial charge in [0.2, 0.25) is 0 Å². The molecule has 23 heavy (non-hydrogen) atoms. The molecule has 0 radical (unpaired) electrons. The Bertz CT molecular complexity index is 534. The van der Waals surface area contributed by atoms with E-state index in [0.717, 1.165) is 5.56 Å². The third-order valence-electron chi connectivity index (χ3n) is 3.20. The molecule has 1 fully saturated rings. The van der Waals surface area contributed by atoms with E-state index in [2.05, 4.69) is 5.32 Å². The lowest BCUT2D eigenvalue weighted by Gasteiger charge is -2.23. The van der Waals surface area contributed by atoms with Crippen LogP contribution >= 0.6 is 0 Å². The number of carbonyl (C=O) groups is 2. The molecule has 0 aromatic heterocycles. The highest BCUT2D eigenvalue weighted by molar-refractivity contribution is 5.75. The Balaban J connectivity index is 1.77. The van der Waals surface area contributed by atoms with Crippen LogP contribution in [0.4, 0.5) is 4.79 Å². The summed E-state index contributed by atoms with van der Waals surface area (Å²) in [4.78, 5) is 23.9. The zero-order valence-electron chi connectivity index (χ0n) is 13.7. The second-order valence-corrected chi connectivity index (χ2v) is 6.45. The molecule has 6 nitrogen and oxygen atoms in total. The number of rotatable bonds is 6. The largest absolute Gasteiger partial charge is 0.460 e. The zero-order valence-corrected chi connectivity index (χ0v) is 13.7. The van der Waals surface area contributed by atoms with Crippen LogP contribution in [0, 0.1) is 5.92 Å². The fourth-order valence-corrected chi connectivity index (χ4v) is 2.00. The molecule has 1 aromatic rings. The first-order valence-electron chi connectivity index (χ1n) is 7.64. The van der Waals surface area contributed by atoms with Crippen LogP contribution in [0.1, 0.15) is 26.3 Å². The second kappa shape index (κ2) is 7.46. The first kappa shape index (κ1) is 17.3. The van der Waals surface area contributed by atoms with E-state index < -0.39 is 17.6 Å².